The van der Waals surface area contributed by atoms with Gasteiger partial charge in [0.2, 0.25) is 0 Å². The molecular weight excluding hydrogens is 230 g/mol. The zero-order valence-corrected chi connectivity index (χ0v) is 11.2. The lowest BCUT2D eigenvalue weighted by molar-refractivity contribution is 0.416. The summed E-state index contributed by atoms with van der Waals surface area (Å²) in [7, 11) is 1.69. The molecule has 0 atom stereocenters. The Bertz CT molecular complexity index is 517. The van der Waals surface area contributed by atoms with E-state index in [1.807, 2.05) is 11.4 Å². The third-order valence-corrected chi connectivity index (χ3v) is 3.63. The standard InChI is InChI=1S/C14H17NOS/c1-9(2)10-4-5-14(16-3)11(6-10)12-7-17-8-13(12)15/h4-9H,15H2,1-3H3. The van der Waals surface area contributed by atoms with Crippen LogP contribution < -0.4 is 10.5 Å². The van der Waals surface area contributed by atoms with Crippen LogP contribution in [-0.4, -0.2) is 7.11 Å². The average molecular weight is 247 g/mol. The van der Waals surface area contributed by atoms with Crippen LogP contribution in [-0.2, 0) is 0 Å². The van der Waals surface area contributed by atoms with Crippen LogP contribution >= 0.6 is 11.3 Å². The fourth-order valence-electron chi connectivity index (χ4n) is 1.82. The number of anilines is 1. The molecule has 1 heterocycles. The van der Waals surface area contributed by atoms with Gasteiger partial charge < -0.3 is 10.5 Å². The largest absolute Gasteiger partial charge is 0.496 e. The Kier molecular flexibility index (Phi) is 3.38. The summed E-state index contributed by atoms with van der Waals surface area (Å²) in [4.78, 5) is 0. The summed E-state index contributed by atoms with van der Waals surface area (Å²) in [6.07, 6.45) is 0. The van der Waals surface area contributed by atoms with Crippen molar-refractivity contribution < 1.29 is 4.74 Å². The molecule has 1 aromatic carbocycles. The first-order chi connectivity index (χ1) is 8.13. The molecule has 0 aliphatic carbocycles. The van der Waals surface area contributed by atoms with Crippen molar-refractivity contribution in [3.63, 3.8) is 0 Å². The summed E-state index contributed by atoms with van der Waals surface area (Å²) in [5.41, 5.74) is 10.2. The van der Waals surface area contributed by atoms with Gasteiger partial charge in [-0.1, -0.05) is 19.9 Å². The first-order valence-electron chi connectivity index (χ1n) is 5.63. The lowest BCUT2D eigenvalue weighted by Crippen LogP contribution is -1.94. The van der Waals surface area contributed by atoms with Crippen LogP contribution in [0.15, 0.2) is 29.0 Å². The maximum absolute atomic E-state index is 5.98. The highest BCUT2D eigenvalue weighted by Crippen LogP contribution is 2.37. The van der Waals surface area contributed by atoms with Gasteiger partial charge in [-0.15, -0.1) is 11.3 Å². The van der Waals surface area contributed by atoms with Crippen molar-refractivity contribution in [1.82, 2.24) is 0 Å². The Morgan fingerprint density at radius 2 is 1.94 bits per heavy atom. The number of hydrogen-bond acceptors (Lipinski definition) is 3. The molecule has 0 aliphatic rings. The van der Waals surface area contributed by atoms with Crippen molar-refractivity contribution in [1.29, 1.82) is 0 Å². The molecule has 2 rings (SSSR count). The highest BCUT2D eigenvalue weighted by atomic mass is 32.1. The van der Waals surface area contributed by atoms with E-state index in [0.29, 0.717) is 5.92 Å². The summed E-state index contributed by atoms with van der Waals surface area (Å²) >= 11 is 1.61. The Balaban J connectivity index is 2.57. The Labute approximate surface area is 106 Å². The zero-order valence-electron chi connectivity index (χ0n) is 10.4. The first-order valence-corrected chi connectivity index (χ1v) is 6.57. The number of benzene rings is 1. The van der Waals surface area contributed by atoms with E-state index in [2.05, 4.69) is 31.4 Å². The topological polar surface area (TPSA) is 35.2 Å². The van der Waals surface area contributed by atoms with E-state index < -0.39 is 0 Å². The number of methoxy groups -OCH3 is 1. The molecule has 0 amide bonds. The third kappa shape index (κ3) is 2.29. The van der Waals surface area contributed by atoms with Gasteiger partial charge in [0.25, 0.3) is 0 Å². The van der Waals surface area contributed by atoms with Crippen molar-refractivity contribution in [3.8, 4) is 16.9 Å². The molecule has 2 nitrogen and oxygen atoms in total. The van der Waals surface area contributed by atoms with E-state index >= 15 is 0 Å². The van der Waals surface area contributed by atoms with Gasteiger partial charge in [0.15, 0.2) is 0 Å². The molecule has 17 heavy (non-hydrogen) atoms. The van der Waals surface area contributed by atoms with Crippen LogP contribution in [0.2, 0.25) is 0 Å². The van der Waals surface area contributed by atoms with Crippen molar-refractivity contribution in [2.45, 2.75) is 19.8 Å². The fraction of sp³-hybridized carbons (Fsp3) is 0.286. The van der Waals surface area contributed by atoms with Crippen molar-refractivity contribution in [2.75, 3.05) is 12.8 Å². The normalized spacial score (nSPS) is 10.8. The van der Waals surface area contributed by atoms with Crippen LogP contribution in [0, 0.1) is 0 Å². The molecule has 0 bridgehead atoms. The quantitative estimate of drug-likeness (QED) is 0.885. The second-order valence-electron chi connectivity index (χ2n) is 4.36. The molecular formula is C14H17NOS. The number of ether oxygens (including phenoxy) is 1. The minimum absolute atomic E-state index is 0.500. The molecule has 3 heteroatoms. The number of rotatable bonds is 3. The van der Waals surface area contributed by atoms with E-state index in [1.54, 1.807) is 18.4 Å². The predicted molar refractivity (Wildman–Crippen MR) is 74.8 cm³/mol. The van der Waals surface area contributed by atoms with Gasteiger partial charge in [0, 0.05) is 21.9 Å². The number of hydrogen-bond donors (Lipinski definition) is 1. The van der Waals surface area contributed by atoms with Crippen molar-refractivity contribution >= 4 is 17.0 Å². The highest BCUT2D eigenvalue weighted by molar-refractivity contribution is 7.08. The highest BCUT2D eigenvalue weighted by Gasteiger charge is 2.11. The SMILES string of the molecule is COc1ccc(C(C)C)cc1-c1cscc1N. The van der Waals surface area contributed by atoms with Gasteiger partial charge in [-0.25, -0.2) is 0 Å². The Morgan fingerprint density at radius 3 is 2.47 bits per heavy atom. The molecule has 90 valence electrons. The van der Waals surface area contributed by atoms with Crippen LogP contribution in [0.25, 0.3) is 11.1 Å². The average Bonchev–Trinajstić information content (AvgIpc) is 2.74. The van der Waals surface area contributed by atoms with Gasteiger partial charge in [0.1, 0.15) is 5.75 Å². The number of nitrogens with two attached hydrogens (primary N) is 1. The van der Waals surface area contributed by atoms with Gasteiger partial charge in [-0.05, 0) is 23.6 Å². The lowest BCUT2D eigenvalue weighted by atomic mass is 9.97. The zero-order chi connectivity index (χ0) is 12.4. The predicted octanol–water partition coefficient (Wildman–Crippen LogP) is 4.13. The van der Waals surface area contributed by atoms with Crippen LogP contribution in [0.4, 0.5) is 5.69 Å². The van der Waals surface area contributed by atoms with Gasteiger partial charge in [0.05, 0.1) is 12.8 Å². The summed E-state index contributed by atoms with van der Waals surface area (Å²) in [5, 5.41) is 4.02. The smallest absolute Gasteiger partial charge is 0.126 e. The summed E-state index contributed by atoms with van der Waals surface area (Å²) < 4.78 is 5.41. The minimum Gasteiger partial charge on any atom is -0.496 e. The first kappa shape index (κ1) is 12.0. The minimum atomic E-state index is 0.500. The molecule has 0 saturated carbocycles. The molecule has 0 unspecified atom stereocenters. The number of nitrogen functional groups attached to an aromatic ring is 1. The van der Waals surface area contributed by atoms with Crippen LogP contribution in [0.3, 0.4) is 0 Å². The van der Waals surface area contributed by atoms with Crippen LogP contribution in [0.1, 0.15) is 25.3 Å². The second kappa shape index (κ2) is 4.80. The van der Waals surface area contributed by atoms with Gasteiger partial charge >= 0.3 is 0 Å². The van der Waals surface area contributed by atoms with E-state index in [-0.39, 0.29) is 0 Å². The monoisotopic (exact) mass is 247 g/mol. The summed E-state index contributed by atoms with van der Waals surface area (Å²) in [6.45, 7) is 4.37. The molecule has 0 spiro atoms. The molecule has 0 radical (unpaired) electrons. The van der Waals surface area contributed by atoms with Crippen molar-refractivity contribution in [3.05, 3.63) is 34.5 Å². The Hall–Kier alpha value is -1.48. The van der Waals surface area contributed by atoms with E-state index in [9.17, 15) is 0 Å². The molecule has 0 fully saturated rings. The number of thiophene rings is 1. The third-order valence-electron chi connectivity index (χ3n) is 2.87. The van der Waals surface area contributed by atoms with Gasteiger partial charge in [-0.3, -0.25) is 0 Å². The summed E-state index contributed by atoms with van der Waals surface area (Å²) in [6, 6.07) is 6.29. The maximum atomic E-state index is 5.98. The van der Waals surface area contributed by atoms with Crippen molar-refractivity contribution in [2.24, 2.45) is 0 Å². The van der Waals surface area contributed by atoms with Crippen LogP contribution in [0.5, 0.6) is 5.75 Å². The maximum Gasteiger partial charge on any atom is 0.126 e. The molecule has 1 aromatic heterocycles. The van der Waals surface area contributed by atoms with E-state index in [4.69, 9.17) is 10.5 Å². The van der Waals surface area contributed by atoms with E-state index in [0.717, 1.165) is 22.6 Å². The van der Waals surface area contributed by atoms with Gasteiger partial charge in [-0.2, -0.15) is 0 Å². The molecule has 2 aromatic rings. The fourth-order valence-corrected chi connectivity index (χ4v) is 2.56. The van der Waals surface area contributed by atoms with E-state index in [1.165, 1.54) is 5.56 Å². The lowest BCUT2D eigenvalue weighted by Gasteiger charge is -2.12. The molecule has 2 N–H and O–H groups in total. The Morgan fingerprint density at radius 1 is 1.18 bits per heavy atom. The molecule has 0 aliphatic heterocycles. The summed E-state index contributed by atoms with van der Waals surface area (Å²) in [5.74, 6) is 1.37. The molecule has 0 saturated heterocycles. The second-order valence-corrected chi connectivity index (χ2v) is 5.10.